The fourth-order valence-electron chi connectivity index (χ4n) is 2.92. The summed E-state index contributed by atoms with van der Waals surface area (Å²) in [5, 5.41) is 2.46. The van der Waals surface area contributed by atoms with Crippen LogP contribution in [0.5, 0.6) is 0 Å². The number of nitrogens with one attached hydrogen (secondary N) is 1. The Morgan fingerprint density at radius 3 is 2.70 bits per heavy atom. The van der Waals surface area contributed by atoms with E-state index < -0.39 is 60.6 Å². The molecule has 1 aromatic carbocycles. The van der Waals surface area contributed by atoms with E-state index in [1.54, 1.807) is 0 Å². The fraction of sp³-hybridized carbons (Fsp3) is 0.389. The van der Waals surface area contributed by atoms with E-state index in [0.29, 0.717) is 12.4 Å². The van der Waals surface area contributed by atoms with Crippen LogP contribution in [0, 0.1) is 5.82 Å². The predicted molar refractivity (Wildman–Crippen MR) is 100 cm³/mol. The van der Waals surface area contributed by atoms with Crippen molar-refractivity contribution in [2.75, 3.05) is 25.5 Å². The van der Waals surface area contributed by atoms with E-state index in [1.807, 2.05) is 0 Å². The van der Waals surface area contributed by atoms with Crippen LogP contribution >= 0.6 is 0 Å². The van der Waals surface area contributed by atoms with Crippen LogP contribution in [0.25, 0.3) is 0 Å². The van der Waals surface area contributed by atoms with Gasteiger partial charge in [-0.1, -0.05) is 6.07 Å². The summed E-state index contributed by atoms with van der Waals surface area (Å²) < 4.78 is 80.5. The van der Waals surface area contributed by atoms with Gasteiger partial charge in [0.2, 0.25) is 0 Å². The number of nitrogens with zero attached hydrogens (tertiary/aromatic N) is 3. The maximum Gasteiger partial charge on any atom is 0.419 e. The van der Waals surface area contributed by atoms with Gasteiger partial charge in [0.25, 0.3) is 11.8 Å². The lowest BCUT2D eigenvalue weighted by molar-refractivity contribution is -0.0857. The zero-order valence-corrected chi connectivity index (χ0v) is 15.6. The quantitative estimate of drug-likeness (QED) is 0.299. The van der Waals surface area contributed by atoms with Gasteiger partial charge in [0.15, 0.2) is 0 Å². The van der Waals surface area contributed by atoms with Crippen LogP contribution in [0.1, 0.15) is 16.8 Å². The number of nitrogen functional groups attached to an aromatic ring is 1. The highest BCUT2D eigenvalue weighted by Crippen LogP contribution is 2.35. The van der Waals surface area contributed by atoms with E-state index in [0.717, 1.165) is 11.0 Å². The van der Waals surface area contributed by atoms with Crippen molar-refractivity contribution < 1.29 is 31.1 Å². The summed E-state index contributed by atoms with van der Waals surface area (Å²) in [6.07, 6.45) is -4.40. The first-order valence-electron chi connectivity index (χ1n) is 8.65. The number of benzene rings is 1. The first kappa shape index (κ1) is 23.4. The summed E-state index contributed by atoms with van der Waals surface area (Å²) in [6.45, 7) is 1.69. The molecule has 1 atom stereocenters. The van der Waals surface area contributed by atoms with Crippen LogP contribution in [0.4, 0.5) is 32.0 Å². The third-order valence-corrected chi connectivity index (χ3v) is 4.40. The molecule has 1 fully saturated rings. The normalized spacial score (nSPS) is 19.5. The first-order valence-corrected chi connectivity index (χ1v) is 8.65. The predicted octanol–water partition coefficient (Wildman–Crippen LogP) is 3.02. The van der Waals surface area contributed by atoms with E-state index in [4.69, 9.17) is 5.73 Å². The topological polar surface area (TPSA) is 83.1 Å². The second-order valence-electron chi connectivity index (χ2n) is 6.42. The smallest absolute Gasteiger partial charge is 0.398 e. The molecule has 0 aliphatic carbocycles. The average molecular weight is 435 g/mol. The zero-order valence-electron chi connectivity index (χ0n) is 15.6. The molecule has 0 spiro atoms. The van der Waals surface area contributed by atoms with Crippen LogP contribution in [-0.4, -0.2) is 61.6 Å². The highest BCUT2D eigenvalue weighted by atomic mass is 19.4. The van der Waals surface area contributed by atoms with Gasteiger partial charge in [-0.15, -0.1) is 0 Å². The Kier molecular flexibility index (Phi) is 7.24. The molecule has 1 aliphatic rings. The molecule has 0 radical (unpaired) electrons. The minimum absolute atomic E-state index is 0.186. The van der Waals surface area contributed by atoms with Gasteiger partial charge in [-0.25, -0.2) is 13.2 Å². The van der Waals surface area contributed by atoms with Crippen LogP contribution < -0.4 is 11.1 Å². The van der Waals surface area contributed by atoms with Crippen LogP contribution in [0.3, 0.4) is 0 Å². The van der Waals surface area contributed by atoms with Gasteiger partial charge >= 0.3 is 6.18 Å². The van der Waals surface area contributed by atoms with Crippen molar-refractivity contribution in [2.24, 2.45) is 9.98 Å². The Morgan fingerprint density at radius 2 is 2.10 bits per heavy atom. The molecule has 2 rings (SSSR count). The fourth-order valence-corrected chi connectivity index (χ4v) is 2.92. The Morgan fingerprint density at radius 1 is 1.40 bits per heavy atom. The third-order valence-electron chi connectivity index (χ3n) is 4.40. The van der Waals surface area contributed by atoms with Crippen molar-refractivity contribution in [1.29, 1.82) is 0 Å². The first-order chi connectivity index (χ1) is 14.0. The number of carbonyl (C=O) groups excluding carboxylic acids is 1. The van der Waals surface area contributed by atoms with Gasteiger partial charge in [0.1, 0.15) is 11.9 Å². The summed E-state index contributed by atoms with van der Waals surface area (Å²) >= 11 is 0. The lowest BCUT2D eigenvalue weighted by atomic mass is 10.1. The summed E-state index contributed by atoms with van der Waals surface area (Å²) in [7, 11) is 0. The molecule has 1 amide bonds. The number of rotatable bonds is 7. The van der Waals surface area contributed by atoms with E-state index in [1.165, 1.54) is 12.1 Å². The molecule has 1 saturated heterocycles. The largest absolute Gasteiger partial charge is 0.419 e. The molecule has 3 N–H and O–H groups in total. The Bertz CT molecular complexity index is 832. The molecule has 0 unspecified atom stereocenters. The van der Waals surface area contributed by atoms with Crippen LogP contribution in [-0.2, 0) is 0 Å². The highest BCUT2D eigenvalue weighted by Gasteiger charge is 2.50. The Balaban J connectivity index is 2.07. The average Bonchev–Trinajstić information content (AvgIpc) is 2.94. The van der Waals surface area contributed by atoms with Gasteiger partial charge in [0.05, 0.1) is 17.8 Å². The molecule has 12 heteroatoms. The SMILES string of the molecule is C=N/C=C(\C=NCNC[C@H]1N(C(=O)c2c(N)cccc2F)CCC1(F)F)C(F)(F)F. The molecular weight excluding hydrogens is 416 g/mol. The zero-order chi connectivity index (χ0) is 22.5. The molecular formula is C18H19F6N5O. The van der Waals surface area contributed by atoms with Crippen molar-refractivity contribution in [3.8, 4) is 0 Å². The number of hydrogen-bond acceptors (Lipinski definition) is 5. The number of nitrogens with two attached hydrogens (primary N) is 1. The minimum atomic E-state index is -4.70. The van der Waals surface area contributed by atoms with Crippen molar-refractivity contribution in [3.05, 3.63) is 41.4 Å². The maximum atomic E-state index is 14.3. The Labute approximate surface area is 168 Å². The van der Waals surface area contributed by atoms with Gasteiger partial charge in [-0.05, 0) is 18.9 Å². The number of likely N-dealkylation sites (tertiary alicyclic amines) is 1. The summed E-state index contributed by atoms with van der Waals surface area (Å²) in [4.78, 5) is 19.9. The molecule has 1 aliphatic heterocycles. The molecule has 30 heavy (non-hydrogen) atoms. The van der Waals surface area contributed by atoms with E-state index >= 15 is 0 Å². The molecule has 0 aromatic heterocycles. The van der Waals surface area contributed by atoms with Crippen molar-refractivity contribution in [1.82, 2.24) is 10.2 Å². The second kappa shape index (κ2) is 9.28. The van der Waals surface area contributed by atoms with Crippen LogP contribution in [0.2, 0.25) is 0 Å². The highest BCUT2D eigenvalue weighted by molar-refractivity contribution is 5.99. The number of aliphatic imine (C=N–C) groups is 2. The number of anilines is 1. The molecule has 1 heterocycles. The van der Waals surface area contributed by atoms with Crippen molar-refractivity contribution >= 4 is 24.5 Å². The maximum absolute atomic E-state index is 14.3. The molecule has 164 valence electrons. The van der Waals surface area contributed by atoms with E-state index in [9.17, 15) is 31.1 Å². The molecule has 0 bridgehead atoms. The van der Waals surface area contributed by atoms with Gasteiger partial charge in [0, 0.05) is 37.6 Å². The van der Waals surface area contributed by atoms with Gasteiger partial charge < -0.3 is 10.6 Å². The lowest BCUT2D eigenvalue weighted by Gasteiger charge is -2.28. The van der Waals surface area contributed by atoms with E-state index in [-0.39, 0.29) is 12.2 Å². The number of carbonyl (C=O) groups is 1. The van der Waals surface area contributed by atoms with Crippen LogP contribution in [0.15, 0.2) is 40.0 Å². The number of amides is 1. The van der Waals surface area contributed by atoms with E-state index in [2.05, 4.69) is 22.0 Å². The number of halogens is 6. The summed E-state index contributed by atoms with van der Waals surface area (Å²) in [5.41, 5.74) is 3.75. The number of hydrogen-bond donors (Lipinski definition) is 2. The van der Waals surface area contributed by atoms with Crippen molar-refractivity contribution in [2.45, 2.75) is 24.6 Å². The molecule has 1 aromatic rings. The minimum Gasteiger partial charge on any atom is -0.398 e. The Hall–Kier alpha value is -2.89. The standard InChI is InChI=1S/C18H19F6N5O/c1-26-7-11(18(22,23)24)8-27-10-28-9-14-17(20,21)5-6-29(14)16(30)15-12(19)3-2-4-13(15)25/h2-4,7-8,14,28H,1,5-6,9-10,25H2/b11-7+,27-8?/t14-/m1/s1. The molecule has 0 saturated carbocycles. The number of allylic oxidation sites excluding steroid dienone is 1. The number of alkyl halides is 5. The second-order valence-corrected chi connectivity index (χ2v) is 6.42. The van der Waals surface area contributed by atoms with Crippen molar-refractivity contribution in [3.63, 3.8) is 0 Å². The third kappa shape index (κ3) is 5.38. The monoisotopic (exact) mass is 435 g/mol. The van der Waals surface area contributed by atoms with Gasteiger partial charge in [-0.2, -0.15) is 13.2 Å². The summed E-state index contributed by atoms with van der Waals surface area (Å²) in [5.74, 6) is -5.21. The summed E-state index contributed by atoms with van der Waals surface area (Å²) in [6, 6.07) is 1.90. The lowest BCUT2D eigenvalue weighted by Crippen LogP contribution is -2.49. The van der Waals surface area contributed by atoms with Gasteiger partial charge in [-0.3, -0.25) is 20.1 Å². The molecule has 6 nitrogen and oxygen atoms in total.